The number of hydrogen-bond acceptors (Lipinski definition) is 4. The van der Waals surface area contributed by atoms with Crippen LogP contribution in [0.5, 0.6) is 0 Å². The first-order chi connectivity index (χ1) is 4.72. The number of ketones is 1. The summed E-state index contributed by atoms with van der Waals surface area (Å²) in [6.07, 6.45) is 1.34. The van der Waals surface area contributed by atoms with E-state index in [4.69, 9.17) is 0 Å². The predicted octanol–water partition coefficient (Wildman–Crippen LogP) is -1.11. The average molecular weight is 143 g/mol. The summed E-state index contributed by atoms with van der Waals surface area (Å²) in [5, 5.41) is 0. The van der Waals surface area contributed by atoms with Crippen LogP contribution in [0.4, 0.5) is 0 Å². The molecule has 0 aromatic rings. The number of hydrogen-bond donors (Lipinski definition) is 1. The number of rotatable bonds is 2. The second-order valence-electron chi connectivity index (χ2n) is 1.63. The Balaban J connectivity index is 2.65. The normalized spacial score (nSPS) is 15.8. The Morgan fingerprint density at radius 2 is 2.30 bits per heavy atom. The van der Waals surface area contributed by atoms with Crippen LogP contribution in [-0.4, -0.2) is 18.3 Å². The molecule has 0 aromatic heterocycles. The molecule has 0 aromatic carbocycles. The van der Waals surface area contributed by atoms with Crippen molar-refractivity contribution in [2.45, 2.75) is 0 Å². The topological polar surface area (TPSA) is 78.6 Å². The van der Waals surface area contributed by atoms with Crippen LogP contribution < -0.4 is 5.73 Å². The largest absolute Gasteiger partial charge is 0.363 e. The van der Waals surface area contributed by atoms with Crippen molar-refractivity contribution in [1.82, 2.24) is 0 Å². The number of primary amides is 1. The van der Waals surface area contributed by atoms with Crippen LogP contribution in [0, 0.1) is 0 Å². The van der Waals surface area contributed by atoms with Crippen molar-refractivity contribution in [2.24, 2.45) is 5.73 Å². The number of nitrogens with two attached hydrogens (primary N) is 1. The van der Waals surface area contributed by atoms with Crippen LogP contribution >= 0.6 is 0 Å². The molecule has 0 atom stereocenters. The highest BCUT2D eigenvalue weighted by Crippen LogP contribution is 2.06. The molecule has 0 saturated heterocycles. The fourth-order valence-corrected chi connectivity index (χ4v) is 0.493. The summed E-state index contributed by atoms with van der Waals surface area (Å²) in [5.74, 6) is -2.04. The first kappa shape index (κ1) is 6.76. The molecule has 0 bridgehead atoms. The first-order valence-corrected chi connectivity index (χ1v) is 2.55. The van der Waals surface area contributed by atoms with Crippen molar-refractivity contribution in [3.8, 4) is 0 Å². The molecule has 1 aliphatic rings. The van der Waals surface area contributed by atoms with Gasteiger partial charge in [-0.05, 0) is 6.08 Å². The van der Waals surface area contributed by atoms with Gasteiger partial charge in [0.2, 0.25) is 5.76 Å². The van der Waals surface area contributed by atoms with Crippen LogP contribution in [-0.2, 0) is 19.4 Å². The molecule has 5 nitrogen and oxygen atoms in total. The van der Waals surface area contributed by atoms with Gasteiger partial charge < -0.3 is 10.6 Å². The Bertz CT molecular complexity index is 208. The summed E-state index contributed by atoms with van der Waals surface area (Å²) >= 11 is 0. The van der Waals surface area contributed by atoms with E-state index in [9.17, 15) is 9.59 Å². The van der Waals surface area contributed by atoms with E-state index < -0.39 is 11.7 Å². The van der Waals surface area contributed by atoms with E-state index in [0.717, 1.165) is 0 Å². The van der Waals surface area contributed by atoms with Crippen molar-refractivity contribution in [1.29, 1.82) is 0 Å². The van der Waals surface area contributed by atoms with Crippen molar-refractivity contribution in [2.75, 3.05) is 6.61 Å². The standard InChI is InChI=1S/C5H5NO4/c6-5(8)4(7)3-1-2-9-10-3/h1H,2H2,(H2,6,8). The lowest BCUT2D eigenvalue weighted by Crippen LogP contribution is -2.24. The summed E-state index contributed by atoms with van der Waals surface area (Å²) < 4.78 is 0. The minimum Gasteiger partial charge on any atom is -0.363 e. The van der Waals surface area contributed by atoms with Crippen molar-refractivity contribution in [3.05, 3.63) is 11.8 Å². The van der Waals surface area contributed by atoms with Gasteiger partial charge in [0, 0.05) is 0 Å². The molecule has 0 radical (unpaired) electrons. The van der Waals surface area contributed by atoms with Gasteiger partial charge in [-0.3, -0.25) is 9.59 Å². The van der Waals surface area contributed by atoms with E-state index in [1.807, 2.05) is 0 Å². The molecular weight excluding hydrogens is 138 g/mol. The molecule has 1 amide bonds. The molecule has 0 aliphatic carbocycles. The molecule has 0 fully saturated rings. The quantitative estimate of drug-likeness (QED) is 0.392. The number of carbonyl (C=O) groups excluding carboxylic acids is 2. The molecule has 0 unspecified atom stereocenters. The summed E-state index contributed by atoms with van der Waals surface area (Å²) in [5.41, 5.74) is 4.65. The maximum absolute atomic E-state index is 10.6. The zero-order valence-corrected chi connectivity index (χ0v) is 4.99. The zero-order valence-electron chi connectivity index (χ0n) is 4.99. The zero-order chi connectivity index (χ0) is 7.56. The van der Waals surface area contributed by atoms with Crippen LogP contribution in [0.3, 0.4) is 0 Å². The molecule has 0 saturated carbocycles. The molecule has 5 heteroatoms. The molecule has 54 valence electrons. The van der Waals surface area contributed by atoms with Gasteiger partial charge in [0.25, 0.3) is 11.7 Å². The third-order valence-corrected chi connectivity index (χ3v) is 0.933. The highest BCUT2D eigenvalue weighted by Gasteiger charge is 2.21. The fourth-order valence-electron chi connectivity index (χ4n) is 0.493. The van der Waals surface area contributed by atoms with Gasteiger partial charge in [0.15, 0.2) is 0 Å². The van der Waals surface area contributed by atoms with Crippen molar-refractivity contribution in [3.63, 3.8) is 0 Å². The average Bonchev–Trinajstić information content (AvgIpc) is 2.36. The lowest BCUT2D eigenvalue weighted by atomic mass is 10.3. The van der Waals surface area contributed by atoms with Gasteiger partial charge in [-0.15, -0.1) is 0 Å². The molecule has 10 heavy (non-hydrogen) atoms. The minimum absolute atomic E-state index is 0.132. The van der Waals surface area contributed by atoms with E-state index in [1.165, 1.54) is 6.08 Å². The van der Waals surface area contributed by atoms with E-state index in [-0.39, 0.29) is 12.4 Å². The van der Waals surface area contributed by atoms with Gasteiger partial charge in [-0.2, -0.15) is 4.89 Å². The van der Waals surface area contributed by atoms with E-state index in [1.54, 1.807) is 0 Å². The van der Waals surface area contributed by atoms with Gasteiger partial charge in [-0.1, -0.05) is 0 Å². The van der Waals surface area contributed by atoms with Crippen LogP contribution in [0.15, 0.2) is 11.8 Å². The number of Topliss-reactive ketones (excluding diaryl/α,β-unsaturated/α-hetero) is 1. The van der Waals surface area contributed by atoms with E-state index in [0.29, 0.717) is 0 Å². The monoisotopic (exact) mass is 143 g/mol. The summed E-state index contributed by atoms with van der Waals surface area (Å²) in [4.78, 5) is 29.4. The molecule has 1 rings (SSSR count). The Labute approximate surface area is 56.3 Å². The predicted molar refractivity (Wildman–Crippen MR) is 29.3 cm³/mol. The SMILES string of the molecule is NC(=O)C(=O)C1=CCOO1. The Hall–Kier alpha value is -1.36. The molecule has 2 N–H and O–H groups in total. The van der Waals surface area contributed by atoms with Crippen molar-refractivity contribution >= 4 is 11.7 Å². The lowest BCUT2D eigenvalue weighted by Gasteiger charge is -1.93. The smallest absolute Gasteiger partial charge is 0.293 e. The lowest BCUT2D eigenvalue weighted by molar-refractivity contribution is -0.233. The number of amides is 1. The minimum atomic E-state index is -1.04. The second-order valence-corrected chi connectivity index (χ2v) is 1.63. The maximum atomic E-state index is 10.6. The Kier molecular flexibility index (Phi) is 1.68. The molecular formula is C5H5NO4. The Morgan fingerprint density at radius 3 is 2.70 bits per heavy atom. The molecule has 1 heterocycles. The third kappa shape index (κ3) is 1.14. The highest BCUT2D eigenvalue weighted by atomic mass is 17.2. The first-order valence-electron chi connectivity index (χ1n) is 2.55. The second kappa shape index (κ2) is 2.49. The molecule has 1 aliphatic heterocycles. The van der Waals surface area contributed by atoms with E-state index in [2.05, 4.69) is 15.5 Å². The van der Waals surface area contributed by atoms with Gasteiger partial charge in [0.1, 0.15) is 6.61 Å². The summed E-state index contributed by atoms with van der Waals surface area (Å²) in [6, 6.07) is 0. The molecule has 0 spiro atoms. The van der Waals surface area contributed by atoms with E-state index >= 15 is 0 Å². The fraction of sp³-hybridized carbons (Fsp3) is 0.200. The summed E-state index contributed by atoms with van der Waals surface area (Å²) in [6.45, 7) is 0.175. The van der Waals surface area contributed by atoms with Gasteiger partial charge in [-0.25, -0.2) is 0 Å². The summed E-state index contributed by atoms with van der Waals surface area (Å²) in [7, 11) is 0. The van der Waals surface area contributed by atoms with Gasteiger partial charge in [0.05, 0.1) is 0 Å². The third-order valence-electron chi connectivity index (χ3n) is 0.933. The Morgan fingerprint density at radius 1 is 1.60 bits per heavy atom. The highest BCUT2D eigenvalue weighted by molar-refractivity contribution is 6.41. The maximum Gasteiger partial charge on any atom is 0.293 e. The van der Waals surface area contributed by atoms with Crippen LogP contribution in [0.25, 0.3) is 0 Å². The number of carbonyl (C=O) groups is 2. The van der Waals surface area contributed by atoms with Crippen molar-refractivity contribution < 1.29 is 19.4 Å². The van der Waals surface area contributed by atoms with Crippen LogP contribution in [0.2, 0.25) is 0 Å². The van der Waals surface area contributed by atoms with Crippen LogP contribution in [0.1, 0.15) is 0 Å². The van der Waals surface area contributed by atoms with Gasteiger partial charge >= 0.3 is 0 Å².